The van der Waals surface area contributed by atoms with E-state index in [9.17, 15) is 5.11 Å². The number of hydrogen-bond donors (Lipinski definition) is 1. The zero-order chi connectivity index (χ0) is 17.6. The van der Waals surface area contributed by atoms with Crippen molar-refractivity contribution < 1.29 is 5.11 Å². The summed E-state index contributed by atoms with van der Waals surface area (Å²) < 4.78 is 0. The van der Waals surface area contributed by atoms with Crippen molar-refractivity contribution in [2.75, 3.05) is 38.0 Å². The Morgan fingerprint density at radius 3 is 1.58 bits per heavy atom. The molecule has 0 heterocycles. The number of anilines is 2. The van der Waals surface area contributed by atoms with E-state index in [0.29, 0.717) is 0 Å². The fourth-order valence-electron chi connectivity index (χ4n) is 3.68. The van der Waals surface area contributed by atoms with Gasteiger partial charge in [0.15, 0.2) is 0 Å². The Hall–Kier alpha value is -2.00. The number of hydrogen-bond acceptors (Lipinski definition) is 3. The van der Waals surface area contributed by atoms with E-state index in [1.807, 2.05) is 28.2 Å². The van der Waals surface area contributed by atoms with Crippen LogP contribution in [-0.4, -0.2) is 33.3 Å². The van der Waals surface area contributed by atoms with Crippen LogP contribution in [0.1, 0.15) is 36.1 Å². The van der Waals surface area contributed by atoms with Crippen LogP contribution in [0.4, 0.5) is 11.4 Å². The van der Waals surface area contributed by atoms with Crippen molar-refractivity contribution in [3.05, 3.63) is 58.7 Å². The van der Waals surface area contributed by atoms with Crippen molar-refractivity contribution in [2.24, 2.45) is 5.92 Å². The van der Waals surface area contributed by atoms with E-state index >= 15 is 0 Å². The van der Waals surface area contributed by atoms with Crippen LogP contribution < -0.4 is 9.80 Å². The second-order valence-corrected chi connectivity index (χ2v) is 7.57. The molecule has 0 aromatic heterocycles. The van der Waals surface area contributed by atoms with Crippen LogP contribution in [-0.2, 0) is 12.0 Å². The van der Waals surface area contributed by atoms with Gasteiger partial charge in [0.2, 0.25) is 0 Å². The normalized spacial score (nSPS) is 15.0. The quantitative estimate of drug-likeness (QED) is 0.934. The summed E-state index contributed by atoms with van der Waals surface area (Å²) in [6.07, 6.45) is 0.876. The van der Waals surface area contributed by atoms with Gasteiger partial charge < -0.3 is 14.9 Å². The first-order chi connectivity index (χ1) is 11.2. The molecule has 0 fully saturated rings. The lowest BCUT2D eigenvalue weighted by Crippen LogP contribution is -2.38. The number of nitrogens with zero attached hydrogens (tertiary/aromatic N) is 2. The first kappa shape index (κ1) is 16.8. The molecule has 2 aromatic rings. The maximum atomic E-state index is 11.8. The van der Waals surface area contributed by atoms with Crippen LogP contribution in [0.3, 0.4) is 0 Å². The molecule has 1 aliphatic carbocycles. The first-order valence-corrected chi connectivity index (χ1v) is 8.59. The summed E-state index contributed by atoms with van der Waals surface area (Å²) in [6.45, 7) is 4.20. The molecule has 3 nitrogen and oxygen atoms in total. The Morgan fingerprint density at radius 1 is 0.833 bits per heavy atom. The molecule has 0 atom stereocenters. The summed E-state index contributed by atoms with van der Waals surface area (Å²) >= 11 is 0. The molecule has 1 N–H and O–H groups in total. The molecule has 0 bridgehead atoms. The molecule has 128 valence electrons. The molecule has 0 spiro atoms. The summed E-state index contributed by atoms with van der Waals surface area (Å²) in [6, 6.07) is 12.9. The second kappa shape index (κ2) is 5.82. The van der Waals surface area contributed by atoms with E-state index < -0.39 is 5.60 Å². The Kier molecular flexibility index (Phi) is 4.08. The minimum Gasteiger partial charge on any atom is -0.380 e. The van der Waals surface area contributed by atoms with Gasteiger partial charge in [0.25, 0.3) is 0 Å². The smallest absolute Gasteiger partial charge is 0.118 e. The lowest BCUT2D eigenvalue weighted by Gasteiger charge is -2.41. The van der Waals surface area contributed by atoms with E-state index in [4.69, 9.17) is 0 Å². The van der Waals surface area contributed by atoms with Crippen molar-refractivity contribution in [2.45, 2.75) is 25.9 Å². The minimum atomic E-state index is -0.957. The van der Waals surface area contributed by atoms with E-state index in [0.717, 1.165) is 28.9 Å². The van der Waals surface area contributed by atoms with Crippen molar-refractivity contribution in [3.8, 4) is 0 Å². The Morgan fingerprint density at radius 2 is 1.25 bits per heavy atom. The molecular weight excluding hydrogens is 296 g/mol. The van der Waals surface area contributed by atoms with Crippen molar-refractivity contribution in [1.29, 1.82) is 0 Å². The molecule has 0 amide bonds. The predicted octanol–water partition coefficient (Wildman–Crippen LogP) is 3.61. The first-order valence-electron chi connectivity index (χ1n) is 8.59. The van der Waals surface area contributed by atoms with Gasteiger partial charge in [-0.3, -0.25) is 0 Å². The third-order valence-corrected chi connectivity index (χ3v) is 5.26. The summed E-state index contributed by atoms with van der Waals surface area (Å²) in [7, 11) is 8.16. The highest BCUT2D eigenvalue weighted by molar-refractivity contribution is 5.62. The van der Waals surface area contributed by atoms with Gasteiger partial charge in [-0.05, 0) is 58.9 Å². The third kappa shape index (κ3) is 2.48. The van der Waals surface area contributed by atoms with Gasteiger partial charge >= 0.3 is 0 Å². The molecule has 3 heteroatoms. The number of rotatable bonds is 3. The highest BCUT2D eigenvalue weighted by Crippen LogP contribution is 2.46. The van der Waals surface area contributed by atoms with Crippen LogP contribution in [0.25, 0.3) is 0 Å². The number of aliphatic hydroxyl groups is 1. The monoisotopic (exact) mass is 324 g/mol. The van der Waals surface area contributed by atoms with Crippen molar-refractivity contribution >= 4 is 11.4 Å². The lowest BCUT2D eigenvalue weighted by atomic mass is 9.69. The molecule has 3 rings (SSSR count). The van der Waals surface area contributed by atoms with Gasteiger partial charge in [0, 0.05) is 39.6 Å². The molecule has 24 heavy (non-hydrogen) atoms. The molecule has 0 saturated heterocycles. The zero-order valence-electron chi connectivity index (χ0n) is 15.6. The SMILES string of the molecule is CC(C)C1(O)c2cc(N(C)C)ccc2Cc2ccc(N(C)C)cc21. The van der Waals surface area contributed by atoms with Crippen LogP contribution in [0, 0.1) is 5.92 Å². The van der Waals surface area contributed by atoms with Gasteiger partial charge in [-0.1, -0.05) is 26.0 Å². The van der Waals surface area contributed by atoms with Crippen LogP contribution in [0.5, 0.6) is 0 Å². The van der Waals surface area contributed by atoms with E-state index in [-0.39, 0.29) is 5.92 Å². The van der Waals surface area contributed by atoms with Gasteiger partial charge in [0.1, 0.15) is 5.60 Å². The van der Waals surface area contributed by atoms with Crippen LogP contribution in [0.2, 0.25) is 0 Å². The van der Waals surface area contributed by atoms with Crippen LogP contribution >= 0.6 is 0 Å². The third-order valence-electron chi connectivity index (χ3n) is 5.26. The number of benzene rings is 2. The Balaban J connectivity index is 2.25. The molecule has 0 aliphatic heterocycles. The largest absolute Gasteiger partial charge is 0.380 e. The molecule has 0 saturated carbocycles. The van der Waals surface area contributed by atoms with Crippen molar-refractivity contribution in [1.82, 2.24) is 0 Å². The maximum absolute atomic E-state index is 11.8. The Labute approximate surface area is 145 Å². The van der Waals surface area contributed by atoms with Crippen molar-refractivity contribution in [3.63, 3.8) is 0 Å². The predicted molar refractivity (Wildman–Crippen MR) is 102 cm³/mol. The average Bonchev–Trinajstić information content (AvgIpc) is 2.54. The van der Waals surface area contributed by atoms with Gasteiger partial charge in [0.05, 0.1) is 0 Å². The van der Waals surface area contributed by atoms with Gasteiger partial charge in [-0.25, -0.2) is 0 Å². The van der Waals surface area contributed by atoms with E-state index in [2.05, 4.69) is 60.0 Å². The second-order valence-electron chi connectivity index (χ2n) is 7.57. The number of fused-ring (bicyclic) bond motifs is 2. The van der Waals surface area contributed by atoms with Gasteiger partial charge in [-0.2, -0.15) is 0 Å². The van der Waals surface area contributed by atoms with Crippen LogP contribution in [0.15, 0.2) is 36.4 Å². The highest BCUT2D eigenvalue weighted by atomic mass is 16.3. The molecule has 0 unspecified atom stereocenters. The molecule has 0 radical (unpaired) electrons. The summed E-state index contributed by atoms with van der Waals surface area (Å²) in [5, 5.41) is 11.8. The lowest BCUT2D eigenvalue weighted by molar-refractivity contribution is 0.0281. The minimum absolute atomic E-state index is 0.0881. The summed E-state index contributed by atoms with van der Waals surface area (Å²) in [5.41, 5.74) is 5.84. The standard InChI is InChI=1S/C21H28N2O/c1-14(2)21(24)19-12-17(22(3)4)9-7-15(19)11-16-8-10-18(23(5)6)13-20(16)21/h7-10,12-14,24H,11H2,1-6H3. The van der Waals surface area contributed by atoms with E-state index in [1.165, 1.54) is 11.1 Å². The Bertz CT molecular complexity index is 705. The molecule has 1 aliphatic rings. The average molecular weight is 324 g/mol. The topological polar surface area (TPSA) is 26.7 Å². The molecular formula is C21H28N2O. The van der Waals surface area contributed by atoms with E-state index in [1.54, 1.807) is 0 Å². The maximum Gasteiger partial charge on any atom is 0.118 e. The summed E-state index contributed by atoms with van der Waals surface area (Å²) in [4.78, 5) is 4.18. The van der Waals surface area contributed by atoms with Gasteiger partial charge in [-0.15, -0.1) is 0 Å². The highest BCUT2D eigenvalue weighted by Gasteiger charge is 2.41. The summed E-state index contributed by atoms with van der Waals surface area (Å²) in [5.74, 6) is 0.0881. The zero-order valence-corrected chi connectivity index (χ0v) is 15.6. The fourth-order valence-corrected chi connectivity index (χ4v) is 3.68. The molecule has 2 aromatic carbocycles. The fraction of sp³-hybridized carbons (Fsp3) is 0.429.